The number of thioether (sulfide) groups is 1. The summed E-state index contributed by atoms with van der Waals surface area (Å²) in [5, 5.41) is 21.1. The van der Waals surface area contributed by atoms with Crippen molar-refractivity contribution in [3.8, 4) is 6.07 Å². The van der Waals surface area contributed by atoms with Gasteiger partial charge < -0.3 is 11.1 Å². The van der Waals surface area contributed by atoms with Gasteiger partial charge in [-0.2, -0.15) is 5.26 Å². The molecule has 0 aliphatic heterocycles. The Balaban J connectivity index is 1.59. The van der Waals surface area contributed by atoms with Gasteiger partial charge in [-0.05, 0) is 30.7 Å². The van der Waals surface area contributed by atoms with Crippen molar-refractivity contribution in [2.75, 3.05) is 16.8 Å². The first-order chi connectivity index (χ1) is 11.6. The summed E-state index contributed by atoms with van der Waals surface area (Å²) in [5.74, 6) is 1.16. The minimum Gasteiger partial charge on any atom is -0.374 e. The summed E-state index contributed by atoms with van der Waals surface area (Å²) in [6.07, 6.45) is 3.39. The third-order valence-electron chi connectivity index (χ3n) is 3.85. The standard InChI is InChI=1S/C15H17N5OS3/c1-8-2-3-9-10(7-16)13(23-11(9)6-8)18-12(21)4-5-22-15-20-19-14(17)24-15/h8H,2-6H2,1H3,(H2,17,19)(H,18,21). The largest absolute Gasteiger partial charge is 0.374 e. The quantitative estimate of drug-likeness (QED) is 0.772. The number of anilines is 2. The molecule has 1 unspecified atom stereocenters. The van der Waals surface area contributed by atoms with E-state index < -0.39 is 0 Å². The van der Waals surface area contributed by atoms with Crippen LogP contribution >= 0.6 is 34.4 Å². The Morgan fingerprint density at radius 3 is 3.04 bits per heavy atom. The molecule has 2 heterocycles. The molecule has 24 heavy (non-hydrogen) atoms. The topological polar surface area (TPSA) is 105 Å². The monoisotopic (exact) mass is 379 g/mol. The molecule has 1 amide bonds. The molecule has 0 spiro atoms. The van der Waals surface area contributed by atoms with Crippen LogP contribution in [0.4, 0.5) is 10.1 Å². The Hall–Kier alpha value is -1.63. The van der Waals surface area contributed by atoms with Crippen molar-refractivity contribution in [2.45, 2.75) is 36.9 Å². The fourth-order valence-electron chi connectivity index (χ4n) is 2.66. The fourth-order valence-corrected chi connectivity index (χ4v) is 5.68. The first-order valence-corrected chi connectivity index (χ1v) is 10.2. The highest BCUT2D eigenvalue weighted by atomic mass is 32.2. The third-order valence-corrected chi connectivity index (χ3v) is 6.91. The van der Waals surface area contributed by atoms with E-state index in [-0.39, 0.29) is 5.91 Å². The Labute approximate surface area is 152 Å². The Kier molecular flexibility index (Phi) is 5.38. The highest BCUT2D eigenvalue weighted by Crippen LogP contribution is 2.39. The van der Waals surface area contributed by atoms with Gasteiger partial charge in [0.05, 0.1) is 5.56 Å². The van der Waals surface area contributed by atoms with Crippen LogP contribution in [-0.2, 0) is 17.6 Å². The van der Waals surface area contributed by atoms with Crippen molar-refractivity contribution in [3.05, 3.63) is 16.0 Å². The van der Waals surface area contributed by atoms with Gasteiger partial charge in [-0.15, -0.1) is 21.5 Å². The summed E-state index contributed by atoms with van der Waals surface area (Å²) in [6.45, 7) is 2.23. The molecule has 3 N–H and O–H groups in total. The number of carbonyl (C=O) groups is 1. The van der Waals surface area contributed by atoms with Crippen molar-refractivity contribution in [1.82, 2.24) is 10.2 Å². The maximum atomic E-state index is 12.2. The molecule has 0 fully saturated rings. The lowest BCUT2D eigenvalue weighted by Crippen LogP contribution is -2.12. The third kappa shape index (κ3) is 3.88. The van der Waals surface area contributed by atoms with Crippen LogP contribution in [0.25, 0.3) is 0 Å². The molecule has 126 valence electrons. The molecular formula is C15H17N5OS3. The Bertz CT molecular complexity index is 792. The summed E-state index contributed by atoms with van der Waals surface area (Å²) in [6, 6.07) is 2.27. The second-order valence-corrected chi connectivity index (χ2v) is 9.18. The first-order valence-electron chi connectivity index (χ1n) is 7.63. The van der Waals surface area contributed by atoms with Crippen molar-refractivity contribution in [2.24, 2.45) is 5.92 Å². The predicted octanol–water partition coefficient (Wildman–Crippen LogP) is 3.30. The van der Waals surface area contributed by atoms with Crippen molar-refractivity contribution in [1.29, 1.82) is 5.26 Å². The summed E-state index contributed by atoms with van der Waals surface area (Å²) >= 11 is 4.33. The van der Waals surface area contributed by atoms with E-state index in [1.807, 2.05) is 0 Å². The molecule has 9 heteroatoms. The van der Waals surface area contributed by atoms with Crippen LogP contribution in [0.15, 0.2) is 4.34 Å². The van der Waals surface area contributed by atoms with Gasteiger partial charge in [0.15, 0.2) is 4.34 Å². The van der Waals surface area contributed by atoms with Gasteiger partial charge in [0.2, 0.25) is 11.0 Å². The van der Waals surface area contributed by atoms with E-state index in [0.717, 1.165) is 29.2 Å². The van der Waals surface area contributed by atoms with E-state index in [2.05, 4.69) is 28.5 Å². The highest BCUT2D eigenvalue weighted by molar-refractivity contribution is 8.01. The number of rotatable bonds is 5. The summed E-state index contributed by atoms with van der Waals surface area (Å²) < 4.78 is 0.763. The molecule has 1 aliphatic carbocycles. The van der Waals surface area contributed by atoms with E-state index in [0.29, 0.717) is 33.8 Å². The SMILES string of the molecule is CC1CCc2c(sc(NC(=O)CCSc3nnc(N)s3)c2C#N)C1. The lowest BCUT2D eigenvalue weighted by Gasteiger charge is -2.17. The van der Waals surface area contributed by atoms with Crippen LogP contribution in [0.3, 0.4) is 0 Å². The molecule has 3 rings (SSSR count). The maximum absolute atomic E-state index is 12.2. The normalized spacial score (nSPS) is 16.4. The van der Waals surface area contributed by atoms with Crippen LogP contribution in [0.1, 0.15) is 35.8 Å². The van der Waals surface area contributed by atoms with Crippen molar-refractivity contribution >= 4 is 50.5 Å². The molecule has 2 aromatic rings. The number of nitrogens with zero attached hydrogens (tertiary/aromatic N) is 3. The second-order valence-electron chi connectivity index (χ2n) is 5.72. The lowest BCUT2D eigenvalue weighted by molar-refractivity contribution is -0.115. The summed E-state index contributed by atoms with van der Waals surface area (Å²) in [4.78, 5) is 13.4. The van der Waals surface area contributed by atoms with Gasteiger partial charge >= 0.3 is 0 Å². The number of hydrogen-bond donors (Lipinski definition) is 2. The Morgan fingerprint density at radius 2 is 2.33 bits per heavy atom. The first kappa shape index (κ1) is 17.2. The number of thiophene rings is 1. The van der Waals surface area contributed by atoms with Crippen LogP contribution < -0.4 is 11.1 Å². The number of nitrogens with two attached hydrogens (primary N) is 1. The van der Waals surface area contributed by atoms with Crippen LogP contribution in [0.5, 0.6) is 0 Å². The highest BCUT2D eigenvalue weighted by Gasteiger charge is 2.24. The van der Waals surface area contributed by atoms with Gasteiger partial charge in [0, 0.05) is 17.1 Å². The molecule has 0 aromatic carbocycles. The average molecular weight is 380 g/mol. The molecule has 0 saturated carbocycles. The number of nitrogen functional groups attached to an aromatic ring is 1. The number of hydrogen-bond acceptors (Lipinski definition) is 8. The van der Waals surface area contributed by atoms with E-state index in [1.54, 1.807) is 11.3 Å². The number of aromatic nitrogens is 2. The van der Waals surface area contributed by atoms with E-state index in [1.165, 1.54) is 28.0 Å². The average Bonchev–Trinajstić information content (AvgIpc) is 3.09. The fraction of sp³-hybridized carbons (Fsp3) is 0.467. The predicted molar refractivity (Wildman–Crippen MR) is 98.5 cm³/mol. The molecule has 1 atom stereocenters. The van der Waals surface area contributed by atoms with Crippen LogP contribution in [0.2, 0.25) is 0 Å². The zero-order valence-electron chi connectivity index (χ0n) is 13.2. The van der Waals surface area contributed by atoms with E-state index in [9.17, 15) is 10.1 Å². The molecule has 1 aliphatic rings. The van der Waals surface area contributed by atoms with Crippen molar-refractivity contribution < 1.29 is 4.79 Å². The van der Waals surface area contributed by atoms with Gasteiger partial charge in [0.1, 0.15) is 11.1 Å². The van der Waals surface area contributed by atoms with Gasteiger partial charge in [-0.1, -0.05) is 30.0 Å². The van der Waals surface area contributed by atoms with E-state index >= 15 is 0 Å². The number of nitriles is 1. The number of amides is 1. The van der Waals surface area contributed by atoms with Crippen LogP contribution in [0, 0.1) is 17.2 Å². The molecule has 6 nitrogen and oxygen atoms in total. The van der Waals surface area contributed by atoms with Gasteiger partial charge in [0.25, 0.3) is 0 Å². The van der Waals surface area contributed by atoms with Gasteiger partial charge in [-0.25, -0.2) is 0 Å². The zero-order valence-corrected chi connectivity index (χ0v) is 15.6. The summed E-state index contributed by atoms with van der Waals surface area (Å²) in [7, 11) is 0. The molecular weight excluding hydrogens is 362 g/mol. The minimum atomic E-state index is -0.0804. The minimum absolute atomic E-state index is 0.0804. The number of carbonyl (C=O) groups excluding carboxylic acids is 1. The second kappa shape index (κ2) is 7.51. The Morgan fingerprint density at radius 1 is 1.50 bits per heavy atom. The summed E-state index contributed by atoms with van der Waals surface area (Å²) in [5.41, 5.74) is 7.31. The lowest BCUT2D eigenvalue weighted by atomic mass is 9.89. The maximum Gasteiger partial charge on any atom is 0.225 e. The van der Waals surface area contributed by atoms with Crippen LogP contribution in [-0.4, -0.2) is 21.9 Å². The number of nitrogens with one attached hydrogen (secondary N) is 1. The molecule has 0 radical (unpaired) electrons. The smallest absolute Gasteiger partial charge is 0.225 e. The van der Waals surface area contributed by atoms with Crippen molar-refractivity contribution in [3.63, 3.8) is 0 Å². The molecule has 2 aromatic heterocycles. The molecule has 0 bridgehead atoms. The van der Waals surface area contributed by atoms with E-state index in [4.69, 9.17) is 5.73 Å². The van der Waals surface area contributed by atoms with Gasteiger partial charge in [-0.3, -0.25) is 4.79 Å². The molecule has 0 saturated heterocycles. The number of fused-ring (bicyclic) bond motifs is 1. The zero-order chi connectivity index (χ0) is 17.1.